The highest BCUT2D eigenvalue weighted by molar-refractivity contribution is 9.09. The molecule has 1 heterocycles. The number of fused-ring (bicyclic) bond motifs is 1. The van der Waals surface area contributed by atoms with Crippen molar-refractivity contribution < 1.29 is 0 Å². The molecule has 0 bridgehead atoms. The maximum atomic E-state index is 4.39. The van der Waals surface area contributed by atoms with E-state index in [-0.39, 0.29) is 0 Å². The molecule has 0 amide bonds. The Morgan fingerprint density at radius 1 is 1.31 bits per heavy atom. The summed E-state index contributed by atoms with van der Waals surface area (Å²) in [6, 6.07) is 8.18. The van der Waals surface area contributed by atoms with Gasteiger partial charge in [-0.1, -0.05) is 39.9 Å². The second kappa shape index (κ2) is 5.14. The maximum absolute atomic E-state index is 4.39. The Labute approximate surface area is 104 Å². The maximum Gasteiger partial charge on any atom is 0.0743 e. The molecule has 2 heteroatoms. The molecule has 0 saturated carbocycles. The van der Waals surface area contributed by atoms with Crippen molar-refractivity contribution in [2.75, 3.05) is 5.33 Å². The molecule has 80 valence electrons. The standard InChI is InChI=1S/C14H12BrN/c1-11-12(5-2-3-9-15)7-8-13-6-4-10-16-14(11)13/h4,6-8,10H,3,9H2,1H3. The molecule has 0 radical (unpaired) electrons. The van der Waals surface area contributed by atoms with Crippen molar-refractivity contribution in [1.82, 2.24) is 4.98 Å². The summed E-state index contributed by atoms with van der Waals surface area (Å²) in [7, 11) is 0. The zero-order chi connectivity index (χ0) is 11.4. The minimum absolute atomic E-state index is 0.875. The Balaban J connectivity index is 2.49. The number of rotatable bonds is 1. The molecular formula is C14H12BrN. The highest BCUT2D eigenvalue weighted by Gasteiger charge is 2.01. The molecular weight excluding hydrogens is 262 g/mol. The lowest BCUT2D eigenvalue weighted by Gasteiger charge is -2.02. The van der Waals surface area contributed by atoms with Crippen LogP contribution in [0, 0.1) is 18.8 Å². The zero-order valence-corrected chi connectivity index (χ0v) is 10.7. The van der Waals surface area contributed by atoms with Gasteiger partial charge in [0.15, 0.2) is 0 Å². The van der Waals surface area contributed by atoms with Gasteiger partial charge in [0.05, 0.1) is 5.52 Å². The van der Waals surface area contributed by atoms with Gasteiger partial charge in [-0.05, 0) is 24.6 Å². The summed E-state index contributed by atoms with van der Waals surface area (Å²) in [5.74, 6) is 6.32. The lowest BCUT2D eigenvalue weighted by atomic mass is 10.0. The van der Waals surface area contributed by atoms with Crippen LogP contribution in [0.3, 0.4) is 0 Å². The van der Waals surface area contributed by atoms with Crippen molar-refractivity contribution in [3.63, 3.8) is 0 Å². The summed E-state index contributed by atoms with van der Waals surface area (Å²) >= 11 is 3.37. The van der Waals surface area contributed by atoms with Gasteiger partial charge in [0.25, 0.3) is 0 Å². The fourth-order valence-corrected chi connectivity index (χ4v) is 1.83. The fraction of sp³-hybridized carbons (Fsp3) is 0.214. The van der Waals surface area contributed by atoms with Crippen LogP contribution in [0.2, 0.25) is 0 Å². The van der Waals surface area contributed by atoms with Crippen LogP contribution in [0.1, 0.15) is 17.5 Å². The molecule has 0 saturated heterocycles. The summed E-state index contributed by atoms with van der Waals surface area (Å²) in [4.78, 5) is 4.39. The van der Waals surface area contributed by atoms with Gasteiger partial charge in [-0.2, -0.15) is 0 Å². The van der Waals surface area contributed by atoms with Crippen molar-refractivity contribution in [3.8, 4) is 11.8 Å². The lowest BCUT2D eigenvalue weighted by Crippen LogP contribution is -1.87. The molecule has 16 heavy (non-hydrogen) atoms. The summed E-state index contributed by atoms with van der Waals surface area (Å²) in [5.41, 5.74) is 3.29. The first-order valence-electron chi connectivity index (χ1n) is 5.22. The number of pyridine rings is 1. The molecule has 0 N–H and O–H groups in total. The monoisotopic (exact) mass is 273 g/mol. The number of hydrogen-bond acceptors (Lipinski definition) is 1. The fourth-order valence-electron chi connectivity index (χ4n) is 1.63. The van der Waals surface area contributed by atoms with Gasteiger partial charge in [-0.15, -0.1) is 0 Å². The number of aromatic nitrogens is 1. The molecule has 2 aromatic rings. The molecule has 2 rings (SSSR count). The molecule has 1 nitrogen and oxygen atoms in total. The van der Waals surface area contributed by atoms with Crippen LogP contribution in [0.5, 0.6) is 0 Å². The quantitative estimate of drug-likeness (QED) is 0.571. The summed E-state index contributed by atoms with van der Waals surface area (Å²) in [6.45, 7) is 2.08. The van der Waals surface area contributed by atoms with E-state index in [1.54, 1.807) is 0 Å². The number of alkyl halides is 1. The summed E-state index contributed by atoms with van der Waals surface area (Å²) in [5, 5.41) is 2.09. The predicted octanol–water partition coefficient (Wildman–Crippen LogP) is 3.68. The number of halogens is 1. The third kappa shape index (κ3) is 2.25. The zero-order valence-electron chi connectivity index (χ0n) is 9.13. The van der Waals surface area contributed by atoms with E-state index < -0.39 is 0 Å². The van der Waals surface area contributed by atoms with Crippen LogP contribution in [-0.4, -0.2) is 10.3 Å². The van der Waals surface area contributed by atoms with Gasteiger partial charge in [-0.25, -0.2) is 0 Å². The van der Waals surface area contributed by atoms with Crippen molar-refractivity contribution in [3.05, 3.63) is 41.6 Å². The predicted molar refractivity (Wildman–Crippen MR) is 71.8 cm³/mol. The first-order valence-corrected chi connectivity index (χ1v) is 6.34. The van der Waals surface area contributed by atoms with E-state index in [0.29, 0.717) is 0 Å². The first-order chi connectivity index (χ1) is 7.83. The molecule has 0 atom stereocenters. The highest BCUT2D eigenvalue weighted by Crippen LogP contribution is 2.18. The Kier molecular flexibility index (Phi) is 3.58. The second-order valence-corrected chi connectivity index (χ2v) is 4.35. The number of aryl methyl sites for hydroxylation is 1. The van der Waals surface area contributed by atoms with Crippen LogP contribution in [0.4, 0.5) is 0 Å². The minimum atomic E-state index is 0.875. The number of benzene rings is 1. The van der Waals surface area contributed by atoms with Crippen LogP contribution >= 0.6 is 15.9 Å². The largest absolute Gasteiger partial charge is 0.256 e. The Morgan fingerprint density at radius 2 is 2.19 bits per heavy atom. The van der Waals surface area contributed by atoms with Crippen LogP contribution in [0.15, 0.2) is 30.5 Å². The average Bonchev–Trinajstić information content (AvgIpc) is 2.33. The summed E-state index contributed by atoms with van der Waals surface area (Å²) in [6.07, 6.45) is 2.70. The van der Waals surface area contributed by atoms with E-state index >= 15 is 0 Å². The van der Waals surface area contributed by atoms with Crippen molar-refractivity contribution in [2.45, 2.75) is 13.3 Å². The third-order valence-electron chi connectivity index (χ3n) is 2.47. The second-order valence-electron chi connectivity index (χ2n) is 3.55. The van der Waals surface area contributed by atoms with Crippen molar-refractivity contribution >= 4 is 26.8 Å². The van der Waals surface area contributed by atoms with Gasteiger partial charge in [-0.3, -0.25) is 4.98 Å². The third-order valence-corrected chi connectivity index (χ3v) is 2.87. The van der Waals surface area contributed by atoms with Gasteiger partial charge in [0.1, 0.15) is 0 Å². The van der Waals surface area contributed by atoms with Crippen LogP contribution in [0.25, 0.3) is 10.9 Å². The number of hydrogen-bond donors (Lipinski definition) is 0. The molecule has 0 spiro atoms. The molecule has 0 aliphatic heterocycles. The van der Waals surface area contributed by atoms with Crippen LogP contribution in [-0.2, 0) is 0 Å². The van der Waals surface area contributed by atoms with E-state index in [1.165, 1.54) is 10.9 Å². The Morgan fingerprint density at radius 3 is 3.00 bits per heavy atom. The van der Waals surface area contributed by atoms with Crippen molar-refractivity contribution in [1.29, 1.82) is 0 Å². The van der Waals surface area contributed by atoms with Crippen molar-refractivity contribution in [2.24, 2.45) is 0 Å². The van der Waals surface area contributed by atoms with E-state index in [1.807, 2.05) is 12.3 Å². The first kappa shape index (κ1) is 11.2. The van der Waals surface area contributed by atoms with E-state index in [9.17, 15) is 0 Å². The van der Waals surface area contributed by atoms with Crippen LogP contribution < -0.4 is 0 Å². The average molecular weight is 274 g/mol. The smallest absolute Gasteiger partial charge is 0.0743 e. The molecule has 0 fully saturated rings. The Hall–Kier alpha value is -1.33. The van der Waals surface area contributed by atoms with Gasteiger partial charge < -0.3 is 0 Å². The topological polar surface area (TPSA) is 12.9 Å². The molecule has 0 aliphatic carbocycles. The van der Waals surface area contributed by atoms with E-state index in [0.717, 1.165) is 22.8 Å². The molecule has 0 aliphatic rings. The molecule has 1 aromatic carbocycles. The van der Waals surface area contributed by atoms with E-state index in [2.05, 4.69) is 57.9 Å². The molecule has 0 unspecified atom stereocenters. The number of nitrogens with zero attached hydrogens (tertiary/aromatic N) is 1. The SMILES string of the molecule is Cc1c(C#CCCBr)ccc2cccnc12. The lowest BCUT2D eigenvalue weighted by molar-refractivity contribution is 1.31. The van der Waals surface area contributed by atoms with E-state index in [4.69, 9.17) is 0 Å². The highest BCUT2D eigenvalue weighted by atomic mass is 79.9. The van der Waals surface area contributed by atoms with Gasteiger partial charge in [0, 0.05) is 28.9 Å². The summed E-state index contributed by atoms with van der Waals surface area (Å²) < 4.78 is 0. The Bertz CT molecular complexity index is 564. The van der Waals surface area contributed by atoms with Gasteiger partial charge in [0.2, 0.25) is 0 Å². The minimum Gasteiger partial charge on any atom is -0.256 e. The van der Waals surface area contributed by atoms with Gasteiger partial charge >= 0.3 is 0 Å². The normalized spacial score (nSPS) is 9.88. The molecule has 1 aromatic heterocycles.